The van der Waals surface area contributed by atoms with Gasteiger partial charge in [-0.05, 0) is 35.9 Å². The Balaban J connectivity index is 2.22. The Kier molecular flexibility index (Phi) is 6.37. The first kappa shape index (κ1) is 21.3. The summed E-state index contributed by atoms with van der Waals surface area (Å²) in [7, 11) is 4.37. The minimum absolute atomic E-state index is 0.116. The van der Waals surface area contributed by atoms with Gasteiger partial charge >= 0.3 is 0 Å². The second-order valence-corrected chi connectivity index (χ2v) is 6.60. The Labute approximate surface area is 173 Å². The van der Waals surface area contributed by atoms with E-state index in [4.69, 9.17) is 14.2 Å². The summed E-state index contributed by atoms with van der Waals surface area (Å²) in [6.45, 7) is 0.308. The van der Waals surface area contributed by atoms with Crippen molar-refractivity contribution < 1.29 is 33.3 Å². The lowest BCUT2D eigenvalue weighted by Gasteiger charge is -2.25. The predicted molar refractivity (Wildman–Crippen MR) is 107 cm³/mol. The zero-order valence-corrected chi connectivity index (χ0v) is 16.8. The monoisotopic (exact) mass is 415 g/mol. The van der Waals surface area contributed by atoms with Crippen LogP contribution in [0.5, 0.6) is 11.5 Å². The number of amides is 1. The lowest BCUT2D eigenvalue weighted by Crippen LogP contribution is -2.32. The first-order valence-electron chi connectivity index (χ1n) is 9.18. The molecule has 1 atom stereocenters. The van der Waals surface area contributed by atoms with Crippen LogP contribution >= 0.6 is 0 Å². The van der Waals surface area contributed by atoms with E-state index in [2.05, 4.69) is 0 Å². The molecule has 158 valence electrons. The summed E-state index contributed by atoms with van der Waals surface area (Å²) in [5.41, 5.74) is 0.568. The summed E-state index contributed by atoms with van der Waals surface area (Å²) in [5, 5.41) is 11.1. The number of ether oxygens (including phenoxy) is 3. The van der Waals surface area contributed by atoms with Gasteiger partial charge in [0.1, 0.15) is 23.1 Å². The van der Waals surface area contributed by atoms with Crippen molar-refractivity contribution in [1.29, 1.82) is 0 Å². The molecular formula is C22H22FNO6. The highest BCUT2D eigenvalue weighted by molar-refractivity contribution is 6.46. The maximum Gasteiger partial charge on any atom is 0.295 e. The molecule has 0 aromatic heterocycles. The third-order valence-electron chi connectivity index (χ3n) is 4.92. The molecular weight excluding hydrogens is 393 g/mol. The highest BCUT2D eigenvalue weighted by Gasteiger charge is 2.46. The van der Waals surface area contributed by atoms with E-state index < -0.39 is 29.3 Å². The van der Waals surface area contributed by atoms with Crippen LogP contribution in [0.4, 0.5) is 4.39 Å². The Morgan fingerprint density at radius 2 is 1.77 bits per heavy atom. The van der Waals surface area contributed by atoms with E-state index in [1.807, 2.05) is 0 Å². The SMILES string of the molecule is COCCN1C(=O)C(=O)/C(=C(/O)c2cc(OC)ccc2OC)C1c1ccc(F)cc1. The van der Waals surface area contributed by atoms with E-state index in [9.17, 15) is 19.1 Å². The maximum atomic E-state index is 13.5. The van der Waals surface area contributed by atoms with Crippen molar-refractivity contribution in [2.24, 2.45) is 0 Å². The number of benzene rings is 2. The molecule has 1 amide bonds. The predicted octanol–water partition coefficient (Wildman–Crippen LogP) is 2.91. The molecule has 1 aliphatic rings. The fourth-order valence-corrected chi connectivity index (χ4v) is 3.44. The van der Waals surface area contributed by atoms with Crippen LogP contribution < -0.4 is 9.47 Å². The smallest absolute Gasteiger partial charge is 0.295 e. The van der Waals surface area contributed by atoms with Crippen LogP contribution in [0, 0.1) is 5.82 Å². The van der Waals surface area contributed by atoms with Gasteiger partial charge in [0.2, 0.25) is 0 Å². The molecule has 0 bridgehead atoms. The summed E-state index contributed by atoms with van der Waals surface area (Å²) in [5.74, 6) is -1.74. The van der Waals surface area contributed by atoms with Gasteiger partial charge in [0.05, 0.1) is 38.0 Å². The standard InChI is InChI=1S/C22H22FNO6/c1-28-11-10-24-19(13-4-6-14(23)7-5-13)18(21(26)22(24)27)20(25)16-12-15(29-2)8-9-17(16)30-3/h4-9,12,19,25H,10-11H2,1-3H3/b20-18+. The van der Waals surface area contributed by atoms with E-state index in [-0.39, 0.29) is 24.3 Å². The van der Waals surface area contributed by atoms with Gasteiger partial charge < -0.3 is 24.2 Å². The van der Waals surface area contributed by atoms with Crippen molar-refractivity contribution in [1.82, 2.24) is 4.90 Å². The molecule has 0 aliphatic carbocycles. The summed E-state index contributed by atoms with van der Waals surface area (Å²) < 4.78 is 29.0. The van der Waals surface area contributed by atoms with Crippen LogP contribution in [0.2, 0.25) is 0 Å². The zero-order chi connectivity index (χ0) is 21.8. The number of carbonyl (C=O) groups is 2. The van der Waals surface area contributed by atoms with Gasteiger partial charge in [-0.25, -0.2) is 4.39 Å². The zero-order valence-electron chi connectivity index (χ0n) is 16.8. The number of ketones is 1. The Morgan fingerprint density at radius 3 is 2.37 bits per heavy atom. The van der Waals surface area contributed by atoms with Gasteiger partial charge in [-0.15, -0.1) is 0 Å². The maximum absolute atomic E-state index is 13.5. The molecule has 8 heteroatoms. The summed E-state index contributed by atoms with van der Waals surface area (Å²) in [6.07, 6.45) is 0. The van der Waals surface area contributed by atoms with E-state index in [0.717, 1.165) is 0 Å². The molecule has 0 spiro atoms. The second kappa shape index (κ2) is 8.96. The summed E-state index contributed by atoms with van der Waals surface area (Å²) >= 11 is 0. The number of hydrogen-bond acceptors (Lipinski definition) is 6. The number of aliphatic hydroxyl groups excluding tert-OH is 1. The number of rotatable bonds is 7. The van der Waals surface area contributed by atoms with Crippen LogP contribution in [0.15, 0.2) is 48.0 Å². The number of likely N-dealkylation sites (tertiary alicyclic amines) is 1. The molecule has 1 unspecified atom stereocenters. The number of halogens is 1. The molecule has 3 rings (SSSR count). The van der Waals surface area contributed by atoms with Crippen LogP contribution in [0.3, 0.4) is 0 Å². The molecule has 1 fully saturated rings. The van der Waals surface area contributed by atoms with Gasteiger partial charge in [0.25, 0.3) is 11.7 Å². The van der Waals surface area contributed by atoms with Crippen LogP contribution in [-0.4, -0.2) is 56.2 Å². The lowest BCUT2D eigenvalue weighted by atomic mass is 9.95. The average Bonchev–Trinajstić information content (AvgIpc) is 3.01. The number of nitrogens with zero attached hydrogens (tertiary/aromatic N) is 1. The minimum atomic E-state index is -0.906. The number of carbonyl (C=O) groups excluding carboxylic acids is 2. The van der Waals surface area contributed by atoms with Crippen molar-refractivity contribution in [2.45, 2.75) is 6.04 Å². The molecule has 7 nitrogen and oxygen atoms in total. The van der Waals surface area contributed by atoms with Gasteiger partial charge in [-0.3, -0.25) is 9.59 Å². The number of methoxy groups -OCH3 is 3. The minimum Gasteiger partial charge on any atom is -0.507 e. The normalized spacial score (nSPS) is 18.0. The second-order valence-electron chi connectivity index (χ2n) is 6.60. The number of aliphatic hydroxyl groups is 1. The van der Waals surface area contributed by atoms with E-state index >= 15 is 0 Å². The highest BCUT2D eigenvalue weighted by atomic mass is 19.1. The number of hydrogen-bond donors (Lipinski definition) is 1. The van der Waals surface area contributed by atoms with Gasteiger partial charge in [0.15, 0.2) is 0 Å². The molecule has 1 heterocycles. The molecule has 0 saturated carbocycles. The van der Waals surface area contributed by atoms with E-state index in [1.54, 1.807) is 12.1 Å². The molecule has 1 saturated heterocycles. The van der Waals surface area contributed by atoms with Crippen molar-refractivity contribution in [2.75, 3.05) is 34.5 Å². The quantitative estimate of drug-likeness (QED) is 0.425. The Morgan fingerprint density at radius 1 is 1.07 bits per heavy atom. The van der Waals surface area contributed by atoms with Crippen LogP contribution in [-0.2, 0) is 14.3 Å². The first-order valence-corrected chi connectivity index (χ1v) is 9.18. The van der Waals surface area contributed by atoms with E-state index in [0.29, 0.717) is 17.1 Å². The van der Waals surface area contributed by atoms with Crippen LogP contribution in [0.1, 0.15) is 17.2 Å². The van der Waals surface area contributed by atoms with Crippen molar-refractivity contribution in [3.8, 4) is 11.5 Å². The molecule has 30 heavy (non-hydrogen) atoms. The fourth-order valence-electron chi connectivity index (χ4n) is 3.44. The van der Waals surface area contributed by atoms with Crippen molar-refractivity contribution in [3.63, 3.8) is 0 Å². The Bertz CT molecular complexity index is 986. The topological polar surface area (TPSA) is 85.3 Å². The molecule has 1 N–H and O–H groups in total. The third-order valence-corrected chi connectivity index (χ3v) is 4.92. The van der Waals surface area contributed by atoms with Crippen LogP contribution in [0.25, 0.3) is 5.76 Å². The fraction of sp³-hybridized carbons (Fsp3) is 0.273. The number of Topliss-reactive ketones (excluding diaryl/α,β-unsaturated/α-hetero) is 1. The van der Waals surface area contributed by atoms with Gasteiger partial charge in [0, 0.05) is 13.7 Å². The molecule has 2 aromatic rings. The van der Waals surface area contributed by atoms with Crippen molar-refractivity contribution >= 4 is 17.4 Å². The summed E-state index contributed by atoms with van der Waals surface area (Å²) in [6, 6.07) is 9.25. The van der Waals surface area contributed by atoms with Gasteiger partial charge in [-0.1, -0.05) is 12.1 Å². The van der Waals surface area contributed by atoms with Gasteiger partial charge in [-0.2, -0.15) is 0 Å². The average molecular weight is 415 g/mol. The largest absolute Gasteiger partial charge is 0.507 e. The highest BCUT2D eigenvalue weighted by Crippen LogP contribution is 2.41. The van der Waals surface area contributed by atoms with Crippen molar-refractivity contribution in [3.05, 3.63) is 65.0 Å². The van der Waals surface area contributed by atoms with E-state index in [1.165, 1.54) is 56.6 Å². The lowest BCUT2D eigenvalue weighted by molar-refractivity contribution is -0.140. The Hall–Kier alpha value is -3.39. The molecule has 0 radical (unpaired) electrons. The molecule has 2 aromatic carbocycles. The summed E-state index contributed by atoms with van der Waals surface area (Å²) in [4.78, 5) is 26.9. The first-order chi connectivity index (χ1) is 14.4. The third kappa shape index (κ3) is 3.86. The molecule has 1 aliphatic heterocycles.